The molecule has 0 saturated heterocycles. The highest BCUT2D eigenvalue weighted by Gasteiger charge is 2.12. The molecule has 2 nitrogen and oxygen atoms in total. The van der Waals surface area contributed by atoms with Gasteiger partial charge in [0, 0.05) is 5.57 Å². The van der Waals surface area contributed by atoms with Crippen molar-refractivity contribution in [2.24, 2.45) is 0 Å². The second-order valence-corrected chi connectivity index (χ2v) is 1.68. The average molecular weight is 112 g/mol. The highest BCUT2D eigenvalue weighted by atomic mass is 16.5. The van der Waals surface area contributed by atoms with Crippen LogP contribution in [-0.4, -0.2) is 12.6 Å². The van der Waals surface area contributed by atoms with Gasteiger partial charge >= 0.3 is 5.97 Å². The zero-order valence-electron chi connectivity index (χ0n) is 4.81. The Hall–Kier alpha value is -0.790. The molecule has 1 heterocycles. The van der Waals surface area contributed by atoms with Crippen molar-refractivity contribution >= 4 is 5.97 Å². The van der Waals surface area contributed by atoms with Crippen molar-refractivity contribution in [1.29, 1.82) is 0 Å². The van der Waals surface area contributed by atoms with E-state index in [0.29, 0.717) is 6.61 Å². The Kier molecular flexibility index (Phi) is 1.33. The van der Waals surface area contributed by atoms with Crippen LogP contribution in [0, 0.1) is 0 Å². The van der Waals surface area contributed by atoms with Gasteiger partial charge in [-0.05, 0) is 12.5 Å². The van der Waals surface area contributed by atoms with E-state index in [4.69, 9.17) is 0 Å². The standard InChI is InChI=1S/C6H8O2/c1-2-5-3-4-8-6(5)7/h3H,2,4H2,1H3. The molecule has 0 aromatic rings. The third-order valence-corrected chi connectivity index (χ3v) is 1.19. The highest BCUT2D eigenvalue weighted by molar-refractivity contribution is 5.90. The summed E-state index contributed by atoms with van der Waals surface area (Å²) in [7, 11) is 0. The molecule has 2 heteroatoms. The maximum atomic E-state index is 10.5. The molecule has 0 N–H and O–H groups in total. The minimum atomic E-state index is -0.146. The number of esters is 1. The zero-order valence-corrected chi connectivity index (χ0v) is 4.81. The van der Waals surface area contributed by atoms with Gasteiger partial charge in [0.15, 0.2) is 0 Å². The van der Waals surface area contributed by atoms with Crippen LogP contribution in [0.3, 0.4) is 0 Å². The molecule has 8 heavy (non-hydrogen) atoms. The maximum Gasteiger partial charge on any atom is 0.334 e. The summed E-state index contributed by atoms with van der Waals surface area (Å²) in [5.74, 6) is -0.146. The quantitative estimate of drug-likeness (QED) is 0.471. The maximum absolute atomic E-state index is 10.5. The van der Waals surface area contributed by atoms with E-state index >= 15 is 0 Å². The molecule has 0 saturated carbocycles. The van der Waals surface area contributed by atoms with Gasteiger partial charge in [-0.1, -0.05) is 6.92 Å². The van der Waals surface area contributed by atoms with Crippen molar-refractivity contribution in [2.45, 2.75) is 13.3 Å². The summed E-state index contributed by atoms with van der Waals surface area (Å²) in [6.45, 7) is 2.42. The highest BCUT2D eigenvalue weighted by Crippen LogP contribution is 2.08. The molecule has 1 aliphatic heterocycles. The van der Waals surface area contributed by atoms with E-state index in [0.717, 1.165) is 12.0 Å². The van der Waals surface area contributed by atoms with Crippen LogP contribution in [-0.2, 0) is 9.53 Å². The molecule has 1 aliphatic rings. The lowest BCUT2D eigenvalue weighted by atomic mass is 10.2. The van der Waals surface area contributed by atoms with Gasteiger partial charge in [0.25, 0.3) is 0 Å². The fourth-order valence-electron chi connectivity index (χ4n) is 0.683. The number of hydrogen-bond acceptors (Lipinski definition) is 2. The number of ether oxygens (including phenoxy) is 1. The SMILES string of the molecule is CCC1=CCOC1=O. The summed E-state index contributed by atoms with van der Waals surface area (Å²) < 4.78 is 4.62. The van der Waals surface area contributed by atoms with Crippen molar-refractivity contribution in [3.8, 4) is 0 Å². The zero-order chi connectivity index (χ0) is 5.98. The molecule has 0 unspecified atom stereocenters. The van der Waals surface area contributed by atoms with E-state index in [1.54, 1.807) is 0 Å². The Balaban J connectivity index is 2.62. The van der Waals surface area contributed by atoms with Crippen molar-refractivity contribution < 1.29 is 9.53 Å². The molecule has 0 amide bonds. The molecule has 0 fully saturated rings. The molecule has 0 bridgehead atoms. The van der Waals surface area contributed by atoms with E-state index in [9.17, 15) is 4.79 Å². The second-order valence-electron chi connectivity index (χ2n) is 1.68. The third-order valence-electron chi connectivity index (χ3n) is 1.19. The molecule has 0 aliphatic carbocycles. The first-order valence-corrected chi connectivity index (χ1v) is 2.70. The molecular weight excluding hydrogens is 104 g/mol. The Labute approximate surface area is 48.1 Å². The van der Waals surface area contributed by atoms with Crippen LogP contribution >= 0.6 is 0 Å². The van der Waals surface area contributed by atoms with Crippen molar-refractivity contribution in [1.82, 2.24) is 0 Å². The summed E-state index contributed by atoms with van der Waals surface area (Å²) >= 11 is 0. The number of rotatable bonds is 1. The molecule has 0 spiro atoms. The summed E-state index contributed by atoms with van der Waals surface area (Å²) in [5.41, 5.74) is 0.810. The van der Waals surface area contributed by atoms with E-state index in [1.807, 2.05) is 13.0 Å². The van der Waals surface area contributed by atoms with E-state index in [2.05, 4.69) is 4.74 Å². The number of hydrogen-bond donors (Lipinski definition) is 0. The average Bonchev–Trinajstić information content (AvgIpc) is 2.14. The Morgan fingerprint density at radius 3 is 2.88 bits per heavy atom. The fraction of sp³-hybridized carbons (Fsp3) is 0.500. The van der Waals surface area contributed by atoms with Gasteiger partial charge in [-0.15, -0.1) is 0 Å². The van der Waals surface area contributed by atoms with Gasteiger partial charge in [-0.3, -0.25) is 0 Å². The molecule has 0 aromatic heterocycles. The van der Waals surface area contributed by atoms with Gasteiger partial charge in [-0.25, -0.2) is 4.79 Å². The summed E-state index contributed by atoms with van der Waals surface area (Å²) in [4.78, 5) is 10.5. The fourth-order valence-corrected chi connectivity index (χ4v) is 0.683. The first-order valence-electron chi connectivity index (χ1n) is 2.70. The first-order chi connectivity index (χ1) is 3.84. The van der Waals surface area contributed by atoms with E-state index in [-0.39, 0.29) is 5.97 Å². The van der Waals surface area contributed by atoms with Crippen molar-refractivity contribution in [2.75, 3.05) is 6.61 Å². The molecule has 1 rings (SSSR count). The van der Waals surface area contributed by atoms with E-state index < -0.39 is 0 Å². The summed E-state index contributed by atoms with van der Waals surface area (Å²) in [6.07, 6.45) is 2.61. The Morgan fingerprint density at radius 1 is 1.88 bits per heavy atom. The van der Waals surface area contributed by atoms with Crippen LogP contribution in [0.4, 0.5) is 0 Å². The topological polar surface area (TPSA) is 26.3 Å². The molecule has 0 radical (unpaired) electrons. The minimum Gasteiger partial charge on any atom is -0.458 e. The Morgan fingerprint density at radius 2 is 2.62 bits per heavy atom. The predicted molar refractivity (Wildman–Crippen MR) is 29.3 cm³/mol. The van der Waals surface area contributed by atoms with Crippen LogP contribution in [0.15, 0.2) is 11.6 Å². The largest absolute Gasteiger partial charge is 0.458 e. The van der Waals surface area contributed by atoms with Crippen LogP contribution in [0.5, 0.6) is 0 Å². The molecule has 0 aromatic carbocycles. The van der Waals surface area contributed by atoms with Gasteiger partial charge in [0.1, 0.15) is 6.61 Å². The van der Waals surface area contributed by atoms with Crippen molar-refractivity contribution in [3.63, 3.8) is 0 Å². The molecule has 44 valence electrons. The lowest BCUT2D eigenvalue weighted by Crippen LogP contribution is -1.97. The minimum absolute atomic E-state index is 0.146. The number of cyclic esters (lactones) is 1. The van der Waals surface area contributed by atoms with Crippen LogP contribution in [0.25, 0.3) is 0 Å². The summed E-state index contributed by atoms with van der Waals surface area (Å²) in [5, 5.41) is 0. The Bertz CT molecular complexity index is 135. The van der Waals surface area contributed by atoms with Gasteiger partial charge in [-0.2, -0.15) is 0 Å². The predicted octanol–water partition coefficient (Wildman–Crippen LogP) is 0.880. The van der Waals surface area contributed by atoms with Gasteiger partial charge in [0.2, 0.25) is 0 Å². The molecule has 0 atom stereocenters. The lowest BCUT2D eigenvalue weighted by molar-refractivity contribution is -0.136. The molecular formula is C6H8O2. The normalized spacial score (nSPS) is 18.1. The first kappa shape index (κ1) is 5.35. The van der Waals surface area contributed by atoms with Crippen LogP contribution < -0.4 is 0 Å². The van der Waals surface area contributed by atoms with E-state index in [1.165, 1.54) is 0 Å². The number of carbonyl (C=O) groups excluding carboxylic acids is 1. The second kappa shape index (κ2) is 1.99. The van der Waals surface area contributed by atoms with Gasteiger partial charge < -0.3 is 4.74 Å². The smallest absolute Gasteiger partial charge is 0.334 e. The van der Waals surface area contributed by atoms with Crippen LogP contribution in [0.2, 0.25) is 0 Å². The summed E-state index contributed by atoms with van der Waals surface area (Å²) in [6, 6.07) is 0. The number of carbonyl (C=O) groups is 1. The van der Waals surface area contributed by atoms with Crippen molar-refractivity contribution in [3.05, 3.63) is 11.6 Å². The van der Waals surface area contributed by atoms with Crippen LogP contribution in [0.1, 0.15) is 13.3 Å². The lowest BCUT2D eigenvalue weighted by Gasteiger charge is -1.89. The monoisotopic (exact) mass is 112 g/mol. The third kappa shape index (κ3) is 0.735. The van der Waals surface area contributed by atoms with Gasteiger partial charge in [0.05, 0.1) is 0 Å².